The molecule has 0 aliphatic heterocycles. The highest BCUT2D eigenvalue weighted by molar-refractivity contribution is 5.93. The Hall–Kier alpha value is -1.92. The van der Waals surface area contributed by atoms with Crippen LogP contribution in [-0.4, -0.2) is 26.7 Å². The predicted molar refractivity (Wildman–Crippen MR) is 104 cm³/mol. The second-order valence-corrected chi connectivity index (χ2v) is 7.53. The molecule has 2 bridgehead atoms. The molecule has 2 aliphatic rings. The number of amides is 1. The average molecular weight is 376 g/mol. The van der Waals surface area contributed by atoms with Gasteiger partial charge in [0.05, 0.1) is 0 Å². The lowest BCUT2D eigenvalue weighted by atomic mass is 9.65. The van der Waals surface area contributed by atoms with Crippen LogP contribution in [0.4, 0.5) is 5.69 Å². The van der Waals surface area contributed by atoms with E-state index >= 15 is 0 Å². The smallest absolute Gasteiger partial charge is 0.227 e. The third-order valence-corrected chi connectivity index (χ3v) is 5.88. The van der Waals surface area contributed by atoms with Crippen LogP contribution in [0.2, 0.25) is 0 Å². The summed E-state index contributed by atoms with van der Waals surface area (Å²) < 4.78 is 1.87. The molecule has 6 nitrogen and oxygen atoms in total. The maximum atomic E-state index is 12.8. The highest BCUT2D eigenvalue weighted by Crippen LogP contribution is 2.42. The van der Waals surface area contributed by atoms with Gasteiger partial charge in [-0.05, 0) is 49.7 Å². The minimum Gasteiger partial charge on any atom is -0.327 e. The fourth-order valence-electron chi connectivity index (χ4n) is 4.53. The van der Waals surface area contributed by atoms with E-state index in [-0.39, 0.29) is 30.3 Å². The minimum absolute atomic E-state index is 0. The Labute approximate surface area is 160 Å². The predicted octanol–water partition coefficient (Wildman–Crippen LogP) is 3.00. The lowest BCUT2D eigenvalue weighted by Gasteiger charge is -2.43. The number of nitrogens with two attached hydrogens (primary N) is 1. The quantitative estimate of drug-likeness (QED) is 0.863. The Kier molecular flexibility index (Phi) is 5.63. The average Bonchev–Trinajstić information content (AvgIpc) is 3.01. The molecule has 7 heteroatoms. The van der Waals surface area contributed by atoms with Crippen molar-refractivity contribution in [1.82, 2.24) is 14.8 Å². The molecule has 1 heterocycles. The Morgan fingerprint density at radius 2 is 2.00 bits per heavy atom. The molecule has 3 N–H and O–H groups in total. The number of carbonyl (C=O) groups is 1. The molecule has 0 spiro atoms. The molecule has 1 amide bonds. The van der Waals surface area contributed by atoms with Crippen molar-refractivity contribution in [2.24, 2.45) is 30.5 Å². The van der Waals surface area contributed by atoms with Crippen molar-refractivity contribution >= 4 is 24.0 Å². The molecule has 2 fully saturated rings. The van der Waals surface area contributed by atoms with E-state index in [0.717, 1.165) is 29.9 Å². The van der Waals surface area contributed by atoms with E-state index in [2.05, 4.69) is 15.5 Å². The van der Waals surface area contributed by atoms with Crippen LogP contribution in [0, 0.1) is 17.8 Å². The molecule has 4 rings (SSSR count). The van der Waals surface area contributed by atoms with Crippen molar-refractivity contribution in [2.75, 3.05) is 5.32 Å². The Bertz CT molecular complexity index is 763. The summed E-state index contributed by atoms with van der Waals surface area (Å²) in [5, 5.41) is 11.1. The Morgan fingerprint density at radius 3 is 2.65 bits per heavy atom. The van der Waals surface area contributed by atoms with Crippen LogP contribution in [0.5, 0.6) is 0 Å². The zero-order valence-electron chi connectivity index (χ0n) is 15.0. The molecule has 1 aromatic carbocycles. The maximum Gasteiger partial charge on any atom is 0.227 e. The van der Waals surface area contributed by atoms with Gasteiger partial charge in [-0.25, -0.2) is 0 Å². The van der Waals surface area contributed by atoms with Gasteiger partial charge in [0, 0.05) is 30.3 Å². The van der Waals surface area contributed by atoms with Crippen molar-refractivity contribution in [3.8, 4) is 11.4 Å². The van der Waals surface area contributed by atoms with Gasteiger partial charge >= 0.3 is 0 Å². The van der Waals surface area contributed by atoms with Gasteiger partial charge in [0.2, 0.25) is 5.91 Å². The van der Waals surface area contributed by atoms with Crippen LogP contribution >= 0.6 is 12.4 Å². The van der Waals surface area contributed by atoms with E-state index in [1.807, 2.05) is 35.9 Å². The summed E-state index contributed by atoms with van der Waals surface area (Å²) >= 11 is 0. The molecular formula is C19H26ClN5O. The second kappa shape index (κ2) is 7.76. The third-order valence-electron chi connectivity index (χ3n) is 5.88. The number of nitrogens with one attached hydrogen (secondary N) is 1. The monoisotopic (exact) mass is 375 g/mol. The molecule has 0 saturated heterocycles. The minimum atomic E-state index is 0. The molecule has 2 atom stereocenters. The number of carbonyl (C=O) groups excluding carboxylic acids is 1. The number of nitrogens with zero attached hydrogens (tertiary/aromatic N) is 3. The Morgan fingerprint density at radius 1 is 1.27 bits per heavy atom. The third kappa shape index (κ3) is 3.62. The van der Waals surface area contributed by atoms with Crippen LogP contribution < -0.4 is 11.1 Å². The summed E-state index contributed by atoms with van der Waals surface area (Å²) in [5.74, 6) is 2.00. The van der Waals surface area contributed by atoms with Crippen molar-refractivity contribution in [2.45, 2.75) is 38.1 Å². The summed E-state index contributed by atoms with van der Waals surface area (Å²) in [6.45, 7) is 0. The van der Waals surface area contributed by atoms with E-state index in [1.165, 1.54) is 19.3 Å². The first kappa shape index (κ1) is 18.9. The van der Waals surface area contributed by atoms with E-state index in [9.17, 15) is 4.79 Å². The zero-order chi connectivity index (χ0) is 17.4. The van der Waals surface area contributed by atoms with E-state index in [1.54, 1.807) is 6.33 Å². The molecule has 2 saturated carbocycles. The molecule has 0 radical (unpaired) electrons. The fourth-order valence-corrected chi connectivity index (χ4v) is 4.53. The van der Waals surface area contributed by atoms with Gasteiger partial charge in [0.1, 0.15) is 6.33 Å². The lowest BCUT2D eigenvalue weighted by Crippen LogP contribution is -2.48. The second-order valence-electron chi connectivity index (χ2n) is 7.53. The number of halogens is 1. The molecule has 26 heavy (non-hydrogen) atoms. The van der Waals surface area contributed by atoms with Crippen LogP contribution in [0.25, 0.3) is 11.4 Å². The topological polar surface area (TPSA) is 85.8 Å². The van der Waals surface area contributed by atoms with Crippen molar-refractivity contribution < 1.29 is 4.79 Å². The number of anilines is 1. The highest BCUT2D eigenvalue weighted by atomic mass is 35.5. The molecular weight excluding hydrogens is 350 g/mol. The molecule has 2 aromatic rings. The first-order chi connectivity index (χ1) is 12.1. The normalized spacial score (nSPS) is 27.5. The van der Waals surface area contributed by atoms with Crippen LogP contribution in [0.15, 0.2) is 30.6 Å². The summed E-state index contributed by atoms with van der Waals surface area (Å²) in [7, 11) is 1.91. The van der Waals surface area contributed by atoms with Gasteiger partial charge in [-0.3, -0.25) is 4.79 Å². The SMILES string of the molecule is Cl.Cn1cnnc1-c1cccc(NC(=O)C2CC3CCCC(C2)C3N)c1. The summed E-state index contributed by atoms with van der Waals surface area (Å²) in [6.07, 6.45) is 7.12. The van der Waals surface area contributed by atoms with Gasteiger partial charge in [0.15, 0.2) is 5.82 Å². The highest BCUT2D eigenvalue weighted by Gasteiger charge is 2.40. The molecule has 140 valence electrons. The van der Waals surface area contributed by atoms with Crippen molar-refractivity contribution in [3.05, 3.63) is 30.6 Å². The number of hydrogen-bond donors (Lipinski definition) is 2. The summed E-state index contributed by atoms with van der Waals surface area (Å²) in [4.78, 5) is 12.8. The summed E-state index contributed by atoms with van der Waals surface area (Å²) in [6, 6.07) is 8.08. The van der Waals surface area contributed by atoms with Gasteiger partial charge in [0.25, 0.3) is 0 Å². The molecule has 2 aliphatic carbocycles. The Balaban J connectivity index is 0.00000196. The largest absolute Gasteiger partial charge is 0.327 e. The molecule has 2 unspecified atom stereocenters. The van der Waals surface area contributed by atoms with Gasteiger partial charge < -0.3 is 15.6 Å². The lowest BCUT2D eigenvalue weighted by molar-refractivity contribution is -0.122. The van der Waals surface area contributed by atoms with Crippen LogP contribution in [0.3, 0.4) is 0 Å². The first-order valence-electron chi connectivity index (χ1n) is 9.12. The number of aryl methyl sites for hydroxylation is 1. The number of benzene rings is 1. The standard InChI is InChI=1S/C19H25N5O.ClH/c1-24-11-21-23-18(24)14-6-3-7-16(10-14)22-19(25)15-8-12-4-2-5-13(9-15)17(12)20;/h3,6-7,10-13,15,17H,2,4-5,8-9,20H2,1H3,(H,22,25);1H. The summed E-state index contributed by atoms with van der Waals surface area (Å²) in [5.41, 5.74) is 8.10. The first-order valence-corrected chi connectivity index (χ1v) is 9.12. The van der Waals surface area contributed by atoms with Crippen LogP contribution in [-0.2, 0) is 11.8 Å². The zero-order valence-corrected chi connectivity index (χ0v) is 15.8. The van der Waals surface area contributed by atoms with Gasteiger partial charge in [-0.2, -0.15) is 0 Å². The maximum absolute atomic E-state index is 12.8. The van der Waals surface area contributed by atoms with Gasteiger partial charge in [-0.1, -0.05) is 18.6 Å². The molecule has 1 aromatic heterocycles. The number of aromatic nitrogens is 3. The van der Waals surface area contributed by atoms with E-state index < -0.39 is 0 Å². The van der Waals surface area contributed by atoms with Crippen molar-refractivity contribution in [3.63, 3.8) is 0 Å². The number of rotatable bonds is 3. The van der Waals surface area contributed by atoms with Gasteiger partial charge in [-0.15, -0.1) is 22.6 Å². The van der Waals surface area contributed by atoms with E-state index in [0.29, 0.717) is 11.8 Å². The number of fused-ring (bicyclic) bond motifs is 2. The van der Waals surface area contributed by atoms with Crippen LogP contribution in [0.1, 0.15) is 32.1 Å². The van der Waals surface area contributed by atoms with E-state index in [4.69, 9.17) is 5.73 Å². The number of hydrogen-bond acceptors (Lipinski definition) is 4. The van der Waals surface area contributed by atoms with Crippen molar-refractivity contribution in [1.29, 1.82) is 0 Å². The fraction of sp³-hybridized carbons (Fsp3) is 0.526.